The van der Waals surface area contributed by atoms with Crippen LogP contribution in [-0.2, 0) is 9.47 Å². The Morgan fingerprint density at radius 2 is 2.06 bits per heavy atom. The van der Waals surface area contributed by atoms with E-state index in [1.807, 2.05) is 17.5 Å². The highest BCUT2D eigenvalue weighted by molar-refractivity contribution is 9.10. The van der Waals surface area contributed by atoms with Gasteiger partial charge in [0.05, 0.1) is 5.69 Å². The first-order valence-electron chi connectivity index (χ1n) is 4.87. The number of pyridine rings is 1. The zero-order valence-corrected chi connectivity index (χ0v) is 11.8. The van der Waals surface area contributed by atoms with E-state index < -0.39 is 6.29 Å². The maximum atomic E-state index is 5.15. The van der Waals surface area contributed by atoms with Gasteiger partial charge in [0.2, 0.25) is 6.29 Å². The molecule has 0 radical (unpaired) electrons. The predicted molar refractivity (Wildman–Crippen MR) is 69.8 cm³/mol. The molecule has 6 heteroatoms. The van der Waals surface area contributed by atoms with Gasteiger partial charge in [-0.25, -0.2) is 4.98 Å². The van der Waals surface area contributed by atoms with E-state index in [0.29, 0.717) is 0 Å². The van der Waals surface area contributed by atoms with Crippen LogP contribution in [0.1, 0.15) is 12.0 Å². The molecule has 0 saturated carbocycles. The van der Waals surface area contributed by atoms with E-state index in [4.69, 9.17) is 9.47 Å². The van der Waals surface area contributed by atoms with E-state index in [-0.39, 0.29) is 0 Å². The average Bonchev–Trinajstić information content (AvgIpc) is 2.81. The number of aromatic nitrogens is 2. The molecule has 17 heavy (non-hydrogen) atoms. The van der Waals surface area contributed by atoms with Crippen LogP contribution in [0.3, 0.4) is 0 Å². The summed E-state index contributed by atoms with van der Waals surface area (Å²) >= 11 is 4.87. The van der Waals surface area contributed by atoms with Gasteiger partial charge in [-0.05, 0) is 28.1 Å². The minimum atomic E-state index is -0.421. The molecule has 0 unspecified atom stereocenters. The number of halogens is 1. The molecule has 90 valence electrons. The molecule has 2 rings (SSSR count). The molecule has 2 aromatic heterocycles. The van der Waals surface area contributed by atoms with Gasteiger partial charge in [-0.2, -0.15) is 0 Å². The van der Waals surface area contributed by atoms with Gasteiger partial charge in [0.15, 0.2) is 0 Å². The van der Waals surface area contributed by atoms with Gasteiger partial charge < -0.3 is 9.47 Å². The van der Waals surface area contributed by atoms with Crippen molar-refractivity contribution >= 4 is 27.3 Å². The monoisotopic (exact) mass is 314 g/mol. The van der Waals surface area contributed by atoms with Crippen molar-refractivity contribution in [3.8, 4) is 10.7 Å². The van der Waals surface area contributed by atoms with Gasteiger partial charge >= 0.3 is 0 Å². The fourth-order valence-electron chi connectivity index (χ4n) is 1.35. The highest BCUT2D eigenvalue weighted by Crippen LogP contribution is 2.26. The maximum Gasteiger partial charge on any atom is 0.201 e. The lowest BCUT2D eigenvalue weighted by atomic mass is 10.3. The summed E-state index contributed by atoms with van der Waals surface area (Å²) in [4.78, 5) is 8.74. The number of nitrogens with zero attached hydrogens (tertiary/aromatic N) is 2. The Kier molecular flexibility index (Phi) is 4.22. The Hall–Kier alpha value is -0.820. The molecular weight excluding hydrogens is 304 g/mol. The third-order valence-corrected chi connectivity index (χ3v) is 3.49. The maximum absolute atomic E-state index is 5.15. The first kappa shape index (κ1) is 12.6. The van der Waals surface area contributed by atoms with Gasteiger partial charge in [0.1, 0.15) is 10.7 Å². The van der Waals surface area contributed by atoms with E-state index in [1.165, 1.54) is 11.3 Å². The molecule has 0 aliphatic carbocycles. The van der Waals surface area contributed by atoms with Crippen LogP contribution in [0.4, 0.5) is 0 Å². The average molecular weight is 315 g/mol. The van der Waals surface area contributed by atoms with Gasteiger partial charge in [-0.3, -0.25) is 4.98 Å². The van der Waals surface area contributed by atoms with Crippen molar-refractivity contribution in [2.45, 2.75) is 6.29 Å². The highest BCUT2D eigenvalue weighted by atomic mass is 79.9. The minimum Gasteiger partial charge on any atom is -0.350 e. The predicted octanol–water partition coefficient (Wildman–Crippen LogP) is 3.26. The molecule has 0 fully saturated rings. The van der Waals surface area contributed by atoms with Crippen LogP contribution in [0.5, 0.6) is 0 Å². The fraction of sp³-hybridized carbons (Fsp3) is 0.273. The van der Waals surface area contributed by atoms with Crippen LogP contribution in [0, 0.1) is 0 Å². The van der Waals surface area contributed by atoms with Crippen molar-refractivity contribution in [3.63, 3.8) is 0 Å². The molecule has 0 aromatic carbocycles. The standard InChI is InChI=1S/C11H11BrN2O2S/c1-15-11(16-2)9-6-17-10(14-9)8-4-3-7(12)5-13-8/h3-6,11H,1-2H3. The van der Waals surface area contributed by atoms with E-state index in [2.05, 4.69) is 25.9 Å². The second-order valence-electron chi connectivity index (χ2n) is 3.24. The highest BCUT2D eigenvalue weighted by Gasteiger charge is 2.14. The number of hydrogen-bond acceptors (Lipinski definition) is 5. The first-order chi connectivity index (χ1) is 8.24. The van der Waals surface area contributed by atoms with Gasteiger partial charge in [-0.15, -0.1) is 11.3 Å². The Morgan fingerprint density at radius 3 is 2.65 bits per heavy atom. The second kappa shape index (κ2) is 5.68. The van der Waals surface area contributed by atoms with E-state index >= 15 is 0 Å². The number of rotatable bonds is 4. The quantitative estimate of drug-likeness (QED) is 0.812. The lowest BCUT2D eigenvalue weighted by molar-refractivity contribution is -0.108. The van der Waals surface area contributed by atoms with Crippen LogP contribution in [0.25, 0.3) is 10.7 Å². The Labute approximate surface area is 112 Å². The molecule has 2 aromatic rings. The summed E-state index contributed by atoms with van der Waals surface area (Å²) in [6, 6.07) is 3.86. The largest absolute Gasteiger partial charge is 0.350 e. The molecule has 0 spiro atoms. The summed E-state index contributed by atoms with van der Waals surface area (Å²) in [7, 11) is 3.18. The van der Waals surface area contributed by atoms with E-state index in [1.54, 1.807) is 20.4 Å². The smallest absolute Gasteiger partial charge is 0.201 e. The number of ether oxygens (including phenoxy) is 2. The molecule has 2 heterocycles. The van der Waals surface area contributed by atoms with Crippen molar-refractivity contribution in [3.05, 3.63) is 33.9 Å². The topological polar surface area (TPSA) is 44.2 Å². The molecule has 0 aliphatic heterocycles. The minimum absolute atomic E-state index is 0.421. The molecule has 0 aliphatic rings. The van der Waals surface area contributed by atoms with Crippen LogP contribution in [-0.4, -0.2) is 24.2 Å². The van der Waals surface area contributed by atoms with Crippen LogP contribution >= 0.6 is 27.3 Å². The first-order valence-corrected chi connectivity index (χ1v) is 6.55. The van der Waals surface area contributed by atoms with Crippen molar-refractivity contribution in [1.82, 2.24) is 9.97 Å². The van der Waals surface area contributed by atoms with Crippen LogP contribution in [0.15, 0.2) is 28.2 Å². The fourth-order valence-corrected chi connectivity index (χ4v) is 2.38. The molecule has 4 nitrogen and oxygen atoms in total. The van der Waals surface area contributed by atoms with Gasteiger partial charge in [0.25, 0.3) is 0 Å². The van der Waals surface area contributed by atoms with Gasteiger partial charge in [-0.1, -0.05) is 0 Å². The summed E-state index contributed by atoms with van der Waals surface area (Å²) in [5.74, 6) is 0. The third kappa shape index (κ3) is 2.90. The molecule has 0 bridgehead atoms. The summed E-state index contributed by atoms with van der Waals surface area (Å²) in [5, 5.41) is 2.77. The van der Waals surface area contributed by atoms with E-state index in [9.17, 15) is 0 Å². The number of hydrogen-bond donors (Lipinski definition) is 0. The molecule has 0 N–H and O–H groups in total. The van der Waals surface area contributed by atoms with Crippen molar-refractivity contribution in [1.29, 1.82) is 0 Å². The number of thiazole rings is 1. The lowest BCUT2D eigenvalue weighted by Crippen LogP contribution is -2.03. The van der Waals surface area contributed by atoms with Gasteiger partial charge in [0, 0.05) is 30.3 Å². The lowest BCUT2D eigenvalue weighted by Gasteiger charge is -2.09. The zero-order valence-electron chi connectivity index (χ0n) is 9.38. The zero-order chi connectivity index (χ0) is 12.3. The summed E-state index contributed by atoms with van der Waals surface area (Å²) in [6.07, 6.45) is 1.33. The number of methoxy groups -OCH3 is 2. The molecular formula is C11H11BrN2O2S. The van der Waals surface area contributed by atoms with E-state index in [0.717, 1.165) is 20.9 Å². The Balaban J connectivity index is 2.26. The Morgan fingerprint density at radius 1 is 1.29 bits per heavy atom. The summed E-state index contributed by atoms with van der Waals surface area (Å²) < 4.78 is 11.2. The molecule has 0 amide bonds. The SMILES string of the molecule is COC(OC)c1csc(-c2ccc(Br)cn2)n1. The van der Waals surface area contributed by atoms with Crippen LogP contribution in [0.2, 0.25) is 0 Å². The Bertz CT molecular complexity index is 482. The summed E-state index contributed by atoms with van der Waals surface area (Å²) in [6.45, 7) is 0. The second-order valence-corrected chi connectivity index (χ2v) is 5.02. The normalized spacial score (nSPS) is 11.1. The third-order valence-electron chi connectivity index (χ3n) is 2.14. The summed E-state index contributed by atoms with van der Waals surface area (Å²) in [5.41, 5.74) is 1.61. The van der Waals surface area contributed by atoms with Crippen LogP contribution < -0.4 is 0 Å². The van der Waals surface area contributed by atoms with Crippen molar-refractivity contribution in [2.75, 3.05) is 14.2 Å². The van der Waals surface area contributed by atoms with Crippen molar-refractivity contribution < 1.29 is 9.47 Å². The molecule has 0 atom stereocenters. The van der Waals surface area contributed by atoms with Crippen molar-refractivity contribution in [2.24, 2.45) is 0 Å². The molecule has 0 saturated heterocycles.